The van der Waals surface area contributed by atoms with Crippen molar-refractivity contribution in [2.45, 2.75) is 25.9 Å². The Bertz CT molecular complexity index is 527. The number of methoxy groups -OCH3 is 1. The normalized spacial score (nSPS) is 17.1. The lowest BCUT2D eigenvalue weighted by molar-refractivity contribution is -0.142. The lowest BCUT2D eigenvalue weighted by Crippen LogP contribution is -2.43. The maximum Gasteiger partial charge on any atom is 0.252 e. The summed E-state index contributed by atoms with van der Waals surface area (Å²) in [6.07, 6.45) is 1.21. The fourth-order valence-electron chi connectivity index (χ4n) is 2.43. The van der Waals surface area contributed by atoms with Gasteiger partial charge in [-0.3, -0.25) is 9.59 Å². The van der Waals surface area contributed by atoms with Crippen LogP contribution in [0.25, 0.3) is 0 Å². The van der Waals surface area contributed by atoms with Crippen molar-refractivity contribution >= 4 is 17.5 Å². The Morgan fingerprint density at radius 3 is 2.82 bits per heavy atom. The van der Waals surface area contributed by atoms with E-state index in [2.05, 4.69) is 5.32 Å². The molecule has 1 aromatic carbocycles. The largest absolute Gasteiger partial charge is 0.495 e. The molecule has 1 fully saturated rings. The molecule has 1 aliphatic heterocycles. The van der Waals surface area contributed by atoms with E-state index >= 15 is 0 Å². The molecule has 1 unspecified atom stereocenters. The highest BCUT2D eigenvalue weighted by atomic mass is 16.5. The van der Waals surface area contributed by atoms with Crippen molar-refractivity contribution in [1.29, 1.82) is 0 Å². The average molecular weight is 306 g/mol. The van der Waals surface area contributed by atoms with Crippen LogP contribution in [0.3, 0.4) is 0 Å². The van der Waals surface area contributed by atoms with Gasteiger partial charge < -0.3 is 19.7 Å². The number of amides is 2. The molecule has 1 aliphatic rings. The van der Waals surface area contributed by atoms with E-state index in [1.165, 1.54) is 4.90 Å². The average Bonchev–Trinajstić information content (AvgIpc) is 3.07. The number of carbonyl (C=O) groups excluding carboxylic acids is 2. The highest BCUT2D eigenvalue weighted by molar-refractivity contribution is 5.96. The quantitative estimate of drug-likeness (QED) is 0.868. The van der Waals surface area contributed by atoms with Crippen molar-refractivity contribution in [3.63, 3.8) is 0 Å². The van der Waals surface area contributed by atoms with E-state index in [0.717, 1.165) is 12.8 Å². The zero-order valence-corrected chi connectivity index (χ0v) is 13.0. The smallest absolute Gasteiger partial charge is 0.252 e. The van der Waals surface area contributed by atoms with Crippen molar-refractivity contribution in [3.8, 4) is 5.75 Å². The standard InChI is InChI=1S/C16H22N2O4/c1-3-18(16(20)14-9-6-10-22-14)11-15(19)17-12-7-4-5-8-13(12)21-2/h4-5,7-8,14H,3,6,9-11H2,1-2H3,(H,17,19). The molecule has 2 rings (SSSR count). The topological polar surface area (TPSA) is 67.9 Å². The van der Waals surface area contributed by atoms with E-state index in [1.54, 1.807) is 19.2 Å². The first-order valence-corrected chi connectivity index (χ1v) is 7.49. The van der Waals surface area contributed by atoms with Crippen LogP contribution in [0.1, 0.15) is 19.8 Å². The number of likely N-dealkylation sites (N-methyl/N-ethyl adjacent to an activating group) is 1. The van der Waals surface area contributed by atoms with Gasteiger partial charge in [0, 0.05) is 13.2 Å². The van der Waals surface area contributed by atoms with E-state index < -0.39 is 6.10 Å². The van der Waals surface area contributed by atoms with Crippen LogP contribution in [-0.4, -0.2) is 49.6 Å². The van der Waals surface area contributed by atoms with E-state index in [9.17, 15) is 9.59 Å². The van der Waals surface area contributed by atoms with Gasteiger partial charge in [0.2, 0.25) is 5.91 Å². The summed E-state index contributed by atoms with van der Waals surface area (Å²) in [4.78, 5) is 26.0. The summed E-state index contributed by atoms with van der Waals surface area (Å²) >= 11 is 0. The van der Waals surface area contributed by atoms with E-state index in [-0.39, 0.29) is 18.4 Å². The third-order valence-electron chi connectivity index (χ3n) is 3.61. The molecule has 1 aromatic rings. The molecule has 1 saturated heterocycles. The summed E-state index contributed by atoms with van der Waals surface area (Å²) < 4.78 is 10.6. The molecule has 1 atom stereocenters. The third kappa shape index (κ3) is 3.98. The van der Waals surface area contributed by atoms with Crippen molar-refractivity contribution in [2.24, 2.45) is 0 Å². The number of ether oxygens (including phenoxy) is 2. The van der Waals surface area contributed by atoms with Gasteiger partial charge in [-0.1, -0.05) is 12.1 Å². The highest BCUT2D eigenvalue weighted by Gasteiger charge is 2.28. The first-order valence-electron chi connectivity index (χ1n) is 7.49. The number of para-hydroxylation sites is 2. The molecule has 1 heterocycles. The fourth-order valence-corrected chi connectivity index (χ4v) is 2.43. The second-order valence-corrected chi connectivity index (χ2v) is 5.10. The van der Waals surface area contributed by atoms with Crippen LogP contribution in [0, 0.1) is 0 Å². The van der Waals surface area contributed by atoms with Crippen molar-refractivity contribution in [2.75, 3.05) is 32.1 Å². The van der Waals surface area contributed by atoms with Crippen LogP contribution >= 0.6 is 0 Å². The zero-order valence-electron chi connectivity index (χ0n) is 13.0. The minimum Gasteiger partial charge on any atom is -0.495 e. The molecule has 0 aliphatic carbocycles. The Morgan fingerprint density at radius 2 is 2.18 bits per heavy atom. The van der Waals surface area contributed by atoms with Crippen LogP contribution in [-0.2, 0) is 14.3 Å². The lowest BCUT2D eigenvalue weighted by Gasteiger charge is -2.23. The Kier molecular flexibility index (Phi) is 5.77. The van der Waals surface area contributed by atoms with Crippen LogP contribution in [0.5, 0.6) is 5.75 Å². The molecule has 0 bridgehead atoms. The minimum absolute atomic E-state index is 0.00718. The SMILES string of the molecule is CCN(CC(=O)Nc1ccccc1OC)C(=O)C1CCCO1. The second-order valence-electron chi connectivity index (χ2n) is 5.10. The molecule has 6 heteroatoms. The number of hydrogen-bond donors (Lipinski definition) is 1. The van der Waals surface area contributed by atoms with Gasteiger partial charge in [-0.25, -0.2) is 0 Å². The summed E-state index contributed by atoms with van der Waals surface area (Å²) in [6, 6.07) is 7.17. The van der Waals surface area contributed by atoms with Gasteiger partial charge in [0.15, 0.2) is 0 Å². The van der Waals surface area contributed by atoms with Gasteiger partial charge in [0.05, 0.1) is 19.3 Å². The number of benzene rings is 1. The predicted octanol–water partition coefficient (Wildman–Crippen LogP) is 1.66. The van der Waals surface area contributed by atoms with Gasteiger partial charge in [-0.05, 0) is 31.9 Å². The van der Waals surface area contributed by atoms with Crippen LogP contribution in [0.15, 0.2) is 24.3 Å². The van der Waals surface area contributed by atoms with Gasteiger partial charge in [-0.2, -0.15) is 0 Å². The van der Waals surface area contributed by atoms with Gasteiger partial charge in [0.1, 0.15) is 11.9 Å². The number of anilines is 1. The van der Waals surface area contributed by atoms with Crippen LogP contribution in [0.4, 0.5) is 5.69 Å². The van der Waals surface area contributed by atoms with Crippen molar-refractivity contribution in [3.05, 3.63) is 24.3 Å². The minimum atomic E-state index is -0.404. The molecular weight excluding hydrogens is 284 g/mol. The number of nitrogens with zero attached hydrogens (tertiary/aromatic N) is 1. The third-order valence-corrected chi connectivity index (χ3v) is 3.61. The summed E-state index contributed by atoms with van der Waals surface area (Å²) in [7, 11) is 1.55. The molecule has 1 N–H and O–H groups in total. The molecule has 0 spiro atoms. The number of nitrogens with one attached hydrogen (secondary N) is 1. The molecular formula is C16H22N2O4. The van der Waals surface area contributed by atoms with E-state index in [4.69, 9.17) is 9.47 Å². The molecule has 22 heavy (non-hydrogen) atoms. The number of rotatable bonds is 6. The van der Waals surface area contributed by atoms with Gasteiger partial charge >= 0.3 is 0 Å². The van der Waals surface area contributed by atoms with Gasteiger partial charge in [-0.15, -0.1) is 0 Å². The maximum atomic E-state index is 12.3. The summed E-state index contributed by atoms with van der Waals surface area (Å²) in [5.74, 6) is 0.220. The van der Waals surface area contributed by atoms with Crippen molar-refractivity contribution < 1.29 is 19.1 Å². The lowest BCUT2D eigenvalue weighted by atomic mass is 10.2. The predicted molar refractivity (Wildman–Crippen MR) is 82.9 cm³/mol. The van der Waals surface area contributed by atoms with E-state index in [0.29, 0.717) is 24.6 Å². The Morgan fingerprint density at radius 1 is 1.41 bits per heavy atom. The number of carbonyl (C=O) groups is 2. The zero-order chi connectivity index (χ0) is 15.9. The van der Waals surface area contributed by atoms with E-state index in [1.807, 2.05) is 19.1 Å². The molecule has 0 radical (unpaired) electrons. The molecule has 0 aromatic heterocycles. The molecule has 2 amide bonds. The van der Waals surface area contributed by atoms with Crippen LogP contribution in [0.2, 0.25) is 0 Å². The molecule has 0 saturated carbocycles. The first kappa shape index (κ1) is 16.3. The summed E-state index contributed by atoms with van der Waals surface area (Å²) in [5, 5.41) is 2.77. The maximum absolute atomic E-state index is 12.3. The Labute approximate surface area is 130 Å². The van der Waals surface area contributed by atoms with Crippen molar-refractivity contribution in [1.82, 2.24) is 4.90 Å². The van der Waals surface area contributed by atoms with Gasteiger partial charge in [0.25, 0.3) is 5.91 Å². The summed E-state index contributed by atoms with van der Waals surface area (Å²) in [5.41, 5.74) is 0.593. The molecule has 120 valence electrons. The Balaban J connectivity index is 1.95. The fraction of sp³-hybridized carbons (Fsp3) is 0.500. The van der Waals surface area contributed by atoms with Crippen LogP contribution < -0.4 is 10.1 Å². The first-order chi connectivity index (χ1) is 10.7. The Hall–Kier alpha value is -2.08. The number of hydrogen-bond acceptors (Lipinski definition) is 4. The highest BCUT2D eigenvalue weighted by Crippen LogP contribution is 2.23. The summed E-state index contributed by atoms with van der Waals surface area (Å²) in [6.45, 7) is 2.94. The monoisotopic (exact) mass is 306 g/mol. The second kappa shape index (κ2) is 7.79. The molecule has 6 nitrogen and oxygen atoms in total.